The van der Waals surface area contributed by atoms with Crippen LogP contribution in [-0.4, -0.2) is 24.4 Å². The Balaban J connectivity index is 1.36. The zero-order valence-corrected chi connectivity index (χ0v) is 20.0. The summed E-state index contributed by atoms with van der Waals surface area (Å²) in [6.07, 6.45) is 16.6. The molecule has 0 aromatic heterocycles. The summed E-state index contributed by atoms with van der Waals surface area (Å²) >= 11 is 0. The molecular formula is C28H46O2. The average Bonchev–Trinajstić information content (AvgIpc) is 3.24. The number of fused-ring (bicyclic) bond motifs is 4. The number of unbranched alkanes of at least 4 members (excludes halogenated alkanes) is 1. The highest BCUT2D eigenvalue weighted by Gasteiger charge is 2.77. The van der Waals surface area contributed by atoms with Crippen molar-refractivity contribution in [1.82, 2.24) is 0 Å². The zero-order chi connectivity index (χ0) is 21.3. The number of ether oxygens (including phenoxy) is 1. The molecule has 0 bridgehead atoms. The summed E-state index contributed by atoms with van der Waals surface area (Å²) in [5.41, 5.74) is 1.47. The lowest BCUT2D eigenvalue weighted by Gasteiger charge is -2.61. The Kier molecular flexibility index (Phi) is 5.26. The summed E-state index contributed by atoms with van der Waals surface area (Å²) in [5, 5.41) is 11.0. The predicted octanol–water partition coefficient (Wildman–Crippen LogP) is 6.62. The van der Waals surface area contributed by atoms with Gasteiger partial charge in [0, 0.05) is 12.5 Å². The van der Waals surface area contributed by atoms with Gasteiger partial charge in [0.05, 0.1) is 12.2 Å². The van der Waals surface area contributed by atoms with Gasteiger partial charge in [-0.25, -0.2) is 0 Å². The van der Waals surface area contributed by atoms with Crippen LogP contribution in [0.1, 0.15) is 91.4 Å². The normalized spacial score (nSPS) is 53.2. The quantitative estimate of drug-likeness (QED) is 0.374. The molecule has 170 valence electrons. The molecule has 5 saturated carbocycles. The van der Waals surface area contributed by atoms with Crippen LogP contribution in [0.25, 0.3) is 0 Å². The summed E-state index contributed by atoms with van der Waals surface area (Å²) in [5.74, 6) is 4.67. The molecule has 0 saturated heterocycles. The SMILES string of the molecule is C=CCCC[C@@H](O)[C@@H](C)[C@H]1CC[C@H]2[C@@H]3C[C@@H](OC)[C@]45C[C@@H]4CC[C@]5(C)[C@H]3CC[C@]12C. The molecule has 0 amide bonds. The van der Waals surface area contributed by atoms with Crippen molar-refractivity contribution < 1.29 is 9.84 Å². The fraction of sp³-hybridized carbons (Fsp3) is 0.929. The molecule has 1 N–H and O–H groups in total. The largest absolute Gasteiger partial charge is 0.393 e. The van der Waals surface area contributed by atoms with E-state index in [-0.39, 0.29) is 6.10 Å². The Labute approximate surface area is 185 Å². The van der Waals surface area contributed by atoms with E-state index in [1.807, 2.05) is 13.2 Å². The smallest absolute Gasteiger partial charge is 0.0638 e. The molecule has 0 aromatic carbocycles. The molecule has 2 heteroatoms. The first kappa shape index (κ1) is 21.5. The van der Waals surface area contributed by atoms with Gasteiger partial charge in [-0.05, 0) is 117 Å². The van der Waals surface area contributed by atoms with Gasteiger partial charge < -0.3 is 9.84 Å². The number of hydrogen-bond acceptors (Lipinski definition) is 2. The molecule has 1 spiro atoms. The van der Waals surface area contributed by atoms with E-state index >= 15 is 0 Å². The van der Waals surface area contributed by atoms with Gasteiger partial charge in [-0.1, -0.05) is 26.8 Å². The number of hydrogen-bond donors (Lipinski definition) is 1. The van der Waals surface area contributed by atoms with Crippen molar-refractivity contribution in [3.05, 3.63) is 12.7 Å². The lowest BCUT2D eigenvalue weighted by atomic mass is 9.45. The van der Waals surface area contributed by atoms with E-state index in [4.69, 9.17) is 4.74 Å². The van der Waals surface area contributed by atoms with Crippen LogP contribution in [0.3, 0.4) is 0 Å². The minimum atomic E-state index is -0.149. The fourth-order valence-electron chi connectivity index (χ4n) is 10.5. The first-order chi connectivity index (χ1) is 14.3. The minimum absolute atomic E-state index is 0.149. The van der Waals surface area contributed by atoms with E-state index < -0.39 is 0 Å². The summed E-state index contributed by atoms with van der Waals surface area (Å²) in [4.78, 5) is 0. The Hall–Kier alpha value is -0.340. The standard InChI is InChI=1S/C28H46O2/c1-6-7-8-9-24(29)18(2)21-10-11-22-20-16-25(30-5)28-17-19(28)12-15-27(28,4)23(20)13-14-26(21,22)3/h6,18-25,29H,1,7-17H2,2-5H3/t18-,19-,20-,21+,22-,23-,24+,25+,26+,27+,28-/m0/s1. The van der Waals surface area contributed by atoms with Gasteiger partial charge in [0.1, 0.15) is 0 Å². The highest BCUT2D eigenvalue weighted by molar-refractivity contribution is 5.26. The van der Waals surface area contributed by atoms with E-state index in [2.05, 4.69) is 27.4 Å². The van der Waals surface area contributed by atoms with E-state index in [9.17, 15) is 5.11 Å². The molecule has 5 fully saturated rings. The van der Waals surface area contributed by atoms with Crippen molar-refractivity contribution in [3.8, 4) is 0 Å². The summed E-state index contributed by atoms with van der Waals surface area (Å²) in [6.45, 7) is 11.5. The number of methoxy groups -OCH3 is 1. The van der Waals surface area contributed by atoms with Gasteiger partial charge in [0.15, 0.2) is 0 Å². The summed E-state index contributed by atoms with van der Waals surface area (Å²) < 4.78 is 6.26. The van der Waals surface area contributed by atoms with E-state index in [0.717, 1.165) is 42.9 Å². The van der Waals surface area contributed by atoms with Crippen molar-refractivity contribution in [1.29, 1.82) is 0 Å². The van der Waals surface area contributed by atoms with Crippen LogP contribution in [-0.2, 0) is 4.74 Å². The van der Waals surface area contributed by atoms with Crippen LogP contribution in [0.2, 0.25) is 0 Å². The van der Waals surface area contributed by atoms with Crippen LogP contribution in [0, 0.1) is 51.8 Å². The molecule has 0 unspecified atom stereocenters. The lowest BCUT2D eigenvalue weighted by molar-refractivity contribution is -0.162. The highest BCUT2D eigenvalue weighted by atomic mass is 16.5. The first-order valence-electron chi connectivity index (χ1n) is 13.1. The molecule has 30 heavy (non-hydrogen) atoms. The Morgan fingerprint density at radius 3 is 2.63 bits per heavy atom. The second-order valence-corrected chi connectivity index (χ2v) is 12.6. The maximum absolute atomic E-state index is 11.0. The maximum atomic E-state index is 11.0. The number of aliphatic hydroxyl groups excluding tert-OH is 1. The van der Waals surface area contributed by atoms with Gasteiger partial charge in [-0.3, -0.25) is 0 Å². The van der Waals surface area contributed by atoms with Crippen LogP contribution in [0.15, 0.2) is 12.7 Å². The summed E-state index contributed by atoms with van der Waals surface area (Å²) in [7, 11) is 2.00. The third kappa shape index (κ3) is 2.68. The molecule has 11 atom stereocenters. The van der Waals surface area contributed by atoms with Crippen LogP contribution < -0.4 is 0 Å². The second-order valence-electron chi connectivity index (χ2n) is 12.6. The Morgan fingerprint density at radius 1 is 1.13 bits per heavy atom. The third-order valence-corrected chi connectivity index (χ3v) is 12.1. The van der Waals surface area contributed by atoms with E-state index in [1.54, 1.807) is 0 Å². The first-order valence-corrected chi connectivity index (χ1v) is 13.1. The topological polar surface area (TPSA) is 29.5 Å². The van der Waals surface area contributed by atoms with Crippen molar-refractivity contribution in [2.45, 2.75) is 104 Å². The van der Waals surface area contributed by atoms with Crippen molar-refractivity contribution >= 4 is 0 Å². The molecule has 5 rings (SSSR count). The van der Waals surface area contributed by atoms with Crippen LogP contribution in [0.5, 0.6) is 0 Å². The monoisotopic (exact) mass is 414 g/mol. The van der Waals surface area contributed by atoms with E-state index in [1.165, 1.54) is 51.4 Å². The molecule has 5 aliphatic rings. The third-order valence-electron chi connectivity index (χ3n) is 12.1. The average molecular weight is 415 g/mol. The molecule has 0 heterocycles. The highest BCUT2D eigenvalue weighted by Crippen LogP contribution is 2.82. The molecular weight excluding hydrogens is 368 g/mol. The minimum Gasteiger partial charge on any atom is -0.393 e. The van der Waals surface area contributed by atoms with Crippen molar-refractivity contribution in [3.63, 3.8) is 0 Å². The van der Waals surface area contributed by atoms with Crippen molar-refractivity contribution in [2.24, 2.45) is 51.8 Å². The van der Waals surface area contributed by atoms with Gasteiger partial charge in [0.2, 0.25) is 0 Å². The molecule has 0 aromatic rings. The Morgan fingerprint density at radius 2 is 1.93 bits per heavy atom. The van der Waals surface area contributed by atoms with Gasteiger partial charge >= 0.3 is 0 Å². The fourth-order valence-corrected chi connectivity index (χ4v) is 10.5. The van der Waals surface area contributed by atoms with E-state index in [0.29, 0.717) is 34.2 Å². The number of rotatable bonds is 7. The Bertz CT molecular complexity index is 674. The van der Waals surface area contributed by atoms with Gasteiger partial charge in [-0.15, -0.1) is 6.58 Å². The second kappa shape index (κ2) is 7.34. The molecule has 0 aliphatic heterocycles. The zero-order valence-electron chi connectivity index (χ0n) is 20.0. The number of aliphatic hydroxyl groups is 1. The molecule has 5 aliphatic carbocycles. The van der Waals surface area contributed by atoms with Crippen LogP contribution >= 0.6 is 0 Å². The number of allylic oxidation sites excluding steroid dienone is 1. The maximum Gasteiger partial charge on any atom is 0.0638 e. The van der Waals surface area contributed by atoms with Crippen molar-refractivity contribution in [2.75, 3.05) is 7.11 Å². The van der Waals surface area contributed by atoms with Gasteiger partial charge in [0.25, 0.3) is 0 Å². The van der Waals surface area contributed by atoms with Crippen LogP contribution in [0.4, 0.5) is 0 Å². The molecule has 0 radical (unpaired) electrons. The lowest BCUT2D eigenvalue weighted by Crippen LogP contribution is -2.57. The van der Waals surface area contributed by atoms with Gasteiger partial charge in [-0.2, -0.15) is 0 Å². The predicted molar refractivity (Wildman–Crippen MR) is 123 cm³/mol. The molecule has 2 nitrogen and oxygen atoms in total. The summed E-state index contributed by atoms with van der Waals surface area (Å²) in [6, 6.07) is 0.